The van der Waals surface area contributed by atoms with Gasteiger partial charge >= 0.3 is 11.9 Å². The highest BCUT2D eigenvalue weighted by atomic mass is 16.5. The first-order chi connectivity index (χ1) is 14.3. The van der Waals surface area contributed by atoms with Crippen LogP contribution in [0.15, 0.2) is 12.1 Å². The summed E-state index contributed by atoms with van der Waals surface area (Å²) in [6.45, 7) is 0.864. The smallest absolute Gasteiger partial charge is 0.414 e. The molecule has 0 unspecified atom stereocenters. The third-order valence-electron chi connectivity index (χ3n) is 6.61. The number of aliphatic carboxylic acids is 2. The van der Waals surface area contributed by atoms with Gasteiger partial charge in [0.15, 0.2) is 11.5 Å². The predicted octanol–water partition coefficient (Wildman–Crippen LogP) is 2.93. The molecule has 0 amide bonds. The van der Waals surface area contributed by atoms with Gasteiger partial charge in [-0.25, -0.2) is 9.59 Å². The van der Waals surface area contributed by atoms with Crippen LogP contribution < -0.4 is 19.5 Å². The van der Waals surface area contributed by atoms with Gasteiger partial charge in [-0.3, -0.25) is 0 Å². The van der Waals surface area contributed by atoms with Gasteiger partial charge in [0.1, 0.15) is 0 Å². The van der Waals surface area contributed by atoms with Crippen LogP contribution in [0.3, 0.4) is 0 Å². The summed E-state index contributed by atoms with van der Waals surface area (Å²) in [5.41, 5.74) is 1.56. The van der Waals surface area contributed by atoms with Crippen LogP contribution in [0.4, 0.5) is 0 Å². The Hall–Kier alpha value is -2.48. The molecule has 0 saturated heterocycles. The number of methoxy groups -OCH3 is 3. The zero-order valence-corrected chi connectivity index (χ0v) is 17.8. The maximum absolute atomic E-state index is 9.10. The summed E-state index contributed by atoms with van der Waals surface area (Å²) in [7, 11) is 4.99. The number of hydrogen-bond donors (Lipinski definition) is 3. The summed E-state index contributed by atoms with van der Waals surface area (Å²) >= 11 is 0. The topological polar surface area (TPSA) is 114 Å². The molecule has 8 heteroatoms. The predicted molar refractivity (Wildman–Crippen MR) is 109 cm³/mol. The minimum Gasteiger partial charge on any atom is -0.493 e. The normalized spacial score (nSPS) is 28.3. The summed E-state index contributed by atoms with van der Waals surface area (Å²) in [6, 6.07) is 4.13. The van der Waals surface area contributed by atoms with Crippen molar-refractivity contribution in [3.63, 3.8) is 0 Å². The number of rotatable bonds is 6. The zero-order chi connectivity index (χ0) is 21.9. The van der Waals surface area contributed by atoms with Crippen molar-refractivity contribution < 1.29 is 34.0 Å². The van der Waals surface area contributed by atoms with Gasteiger partial charge in [0, 0.05) is 12.1 Å². The number of nitrogens with one attached hydrogen (secondary N) is 1. The molecule has 0 spiro atoms. The molecule has 0 heterocycles. The van der Waals surface area contributed by atoms with E-state index in [-0.39, 0.29) is 0 Å². The Balaban J connectivity index is 0.000000377. The fourth-order valence-corrected chi connectivity index (χ4v) is 5.85. The van der Waals surface area contributed by atoms with Crippen molar-refractivity contribution in [3.05, 3.63) is 17.7 Å². The molecular formula is C22H31NO7. The second-order valence-electron chi connectivity index (χ2n) is 8.70. The van der Waals surface area contributed by atoms with Crippen LogP contribution in [0.2, 0.25) is 0 Å². The standard InChI is InChI=1S/C20H29NO3.C2H2O4/c1-22-17-7-16(8-18(23-2)19(17)24-3)12-21-20-9-13-4-14(10-20)6-15(5-13)11-20;3-1(4)2(5)6/h7-8,13-15,21H,4-6,9-12H2,1-3H3;(H,3,4)(H,5,6). The van der Waals surface area contributed by atoms with E-state index in [0.29, 0.717) is 11.3 Å². The van der Waals surface area contributed by atoms with E-state index in [1.165, 1.54) is 44.1 Å². The SMILES string of the molecule is COc1cc(CNC23CC4CC(CC(C4)C2)C3)cc(OC)c1OC.O=C(O)C(=O)O. The summed E-state index contributed by atoms with van der Waals surface area (Å²) in [5.74, 6) is 1.37. The summed E-state index contributed by atoms with van der Waals surface area (Å²) in [5, 5.41) is 18.7. The lowest BCUT2D eigenvalue weighted by Crippen LogP contribution is -2.58. The molecular weight excluding hydrogens is 390 g/mol. The Labute approximate surface area is 176 Å². The minimum atomic E-state index is -1.82. The second-order valence-corrected chi connectivity index (χ2v) is 8.70. The fraction of sp³-hybridized carbons (Fsp3) is 0.636. The number of carbonyl (C=O) groups is 2. The highest BCUT2D eigenvalue weighted by Gasteiger charge is 2.50. The molecule has 0 aromatic heterocycles. The quantitative estimate of drug-likeness (QED) is 0.601. The third-order valence-corrected chi connectivity index (χ3v) is 6.61. The minimum absolute atomic E-state index is 0.370. The molecule has 0 aliphatic heterocycles. The number of carboxylic acids is 2. The number of ether oxygens (including phenoxy) is 3. The highest BCUT2D eigenvalue weighted by molar-refractivity contribution is 6.27. The average Bonchev–Trinajstić information content (AvgIpc) is 2.70. The van der Waals surface area contributed by atoms with E-state index < -0.39 is 11.9 Å². The van der Waals surface area contributed by atoms with E-state index >= 15 is 0 Å². The molecule has 4 saturated carbocycles. The van der Waals surface area contributed by atoms with Crippen molar-refractivity contribution in [2.75, 3.05) is 21.3 Å². The number of carboxylic acid groups (broad SMARTS) is 2. The van der Waals surface area contributed by atoms with Crippen molar-refractivity contribution in [1.29, 1.82) is 0 Å². The van der Waals surface area contributed by atoms with Gasteiger partial charge in [-0.05, 0) is 74.0 Å². The maximum atomic E-state index is 9.10. The highest BCUT2D eigenvalue weighted by Crippen LogP contribution is 2.55. The monoisotopic (exact) mass is 421 g/mol. The van der Waals surface area contributed by atoms with Crippen LogP contribution in [0.25, 0.3) is 0 Å². The molecule has 1 aromatic rings. The first kappa shape index (κ1) is 22.2. The van der Waals surface area contributed by atoms with Crippen molar-refractivity contribution >= 4 is 11.9 Å². The Morgan fingerprint density at radius 3 is 1.67 bits per heavy atom. The van der Waals surface area contributed by atoms with Crippen molar-refractivity contribution in [3.8, 4) is 17.2 Å². The molecule has 0 radical (unpaired) electrons. The third kappa shape index (κ3) is 4.80. The maximum Gasteiger partial charge on any atom is 0.414 e. The van der Waals surface area contributed by atoms with Gasteiger partial charge in [-0.1, -0.05) is 0 Å². The summed E-state index contributed by atoms with van der Waals surface area (Å²) in [6.07, 6.45) is 8.53. The van der Waals surface area contributed by atoms with Crippen LogP contribution in [0, 0.1) is 17.8 Å². The van der Waals surface area contributed by atoms with E-state index in [1.54, 1.807) is 21.3 Å². The Kier molecular flexibility index (Phi) is 6.75. The number of hydrogen-bond acceptors (Lipinski definition) is 6. The summed E-state index contributed by atoms with van der Waals surface area (Å²) in [4.78, 5) is 18.2. The van der Waals surface area contributed by atoms with Gasteiger partial charge in [-0.15, -0.1) is 0 Å². The van der Waals surface area contributed by atoms with E-state index in [4.69, 9.17) is 34.0 Å². The lowest BCUT2D eigenvalue weighted by molar-refractivity contribution is -0.159. The average molecular weight is 421 g/mol. The molecule has 4 fully saturated rings. The lowest BCUT2D eigenvalue weighted by Gasteiger charge is -2.57. The molecule has 1 aromatic carbocycles. The van der Waals surface area contributed by atoms with E-state index in [2.05, 4.69) is 17.4 Å². The van der Waals surface area contributed by atoms with Gasteiger partial charge in [0.05, 0.1) is 21.3 Å². The van der Waals surface area contributed by atoms with E-state index in [9.17, 15) is 0 Å². The van der Waals surface area contributed by atoms with E-state index in [1.807, 2.05) is 0 Å². The first-order valence-electron chi connectivity index (χ1n) is 10.3. The summed E-state index contributed by atoms with van der Waals surface area (Å²) < 4.78 is 16.4. The van der Waals surface area contributed by atoms with Gasteiger partial charge in [0.25, 0.3) is 0 Å². The van der Waals surface area contributed by atoms with E-state index in [0.717, 1.165) is 35.8 Å². The van der Waals surface area contributed by atoms with Crippen molar-refractivity contribution in [2.45, 2.75) is 50.6 Å². The molecule has 166 valence electrons. The largest absolute Gasteiger partial charge is 0.493 e. The van der Waals surface area contributed by atoms with Crippen LogP contribution in [-0.2, 0) is 16.1 Å². The lowest BCUT2D eigenvalue weighted by atomic mass is 9.53. The molecule has 5 rings (SSSR count). The molecule has 30 heavy (non-hydrogen) atoms. The van der Waals surface area contributed by atoms with Crippen LogP contribution in [-0.4, -0.2) is 49.0 Å². The van der Waals surface area contributed by atoms with Gasteiger partial charge in [-0.2, -0.15) is 0 Å². The zero-order valence-electron chi connectivity index (χ0n) is 17.8. The number of benzene rings is 1. The Morgan fingerprint density at radius 2 is 1.33 bits per heavy atom. The van der Waals surface area contributed by atoms with Crippen molar-refractivity contribution in [2.24, 2.45) is 17.8 Å². The molecule has 3 N–H and O–H groups in total. The van der Waals surface area contributed by atoms with Crippen LogP contribution >= 0.6 is 0 Å². The molecule has 4 aliphatic rings. The molecule has 0 atom stereocenters. The Bertz CT molecular complexity index is 719. The van der Waals surface area contributed by atoms with Crippen LogP contribution in [0.1, 0.15) is 44.1 Å². The van der Waals surface area contributed by atoms with Crippen LogP contribution in [0.5, 0.6) is 17.2 Å². The fourth-order valence-electron chi connectivity index (χ4n) is 5.85. The van der Waals surface area contributed by atoms with Gasteiger partial charge < -0.3 is 29.7 Å². The van der Waals surface area contributed by atoms with Crippen molar-refractivity contribution in [1.82, 2.24) is 5.32 Å². The van der Waals surface area contributed by atoms with Gasteiger partial charge in [0.2, 0.25) is 5.75 Å². The first-order valence-corrected chi connectivity index (χ1v) is 10.3. The Morgan fingerprint density at radius 1 is 0.900 bits per heavy atom. The molecule has 4 bridgehead atoms. The molecule has 8 nitrogen and oxygen atoms in total. The second kappa shape index (κ2) is 9.12. The molecule has 4 aliphatic carbocycles.